The minimum Gasteiger partial charge on any atom is -0.356 e. The number of nitrogens with one attached hydrogen (secondary N) is 1. The summed E-state index contributed by atoms with van der Waals surface area (Å²) in [5.74, 6) is 0.160. The van der Waals surface area contributed by atoms with Crippen LogP contribution in [0.15, 0.2) is 24.3 Å². The molecule has 5 nitrogen and oxygen atoms in total. The molecular weight excluding hydrogens is 326 g/mol. The zero-order chi connectivity index (χ0) is 16.8. The maximum absolute atomic E-state index is 12.2. The number of rotatable bonds is 5. The second kappa shape index (κ2) is 9.64. The van der Waals surface area contributed by atoms with Gasteiger partial charge in [-0.15, -0.1) is 12.4 Å². The Labute approximate surface area is 150 Å². The van der Waals surface area contributed by atoms with Crippen LogP contribution in [0.5, 0.6) is 0 Å². The van der Waals surface area contributed by atoms with Crippen molar-refractivity contribution in [2.24, 2.45) is 11.7 Å². The summed E-state index contributed by atoms with van der Waals surface area (Å²) in [5.41, 5.74) is 7.67. The maximum atomic E-state index is 12.2. The first-order valence-corrected chi connectivity index (χ1v) is 8.31. The zero-order valence-electron chi connectivity index (χ0n) is 14.5. The lowest BCUT2D eigenvalue weighted by molar-refractivity contribution is -0.126. The molecule has 1 aromatic carbocycles. The van der Waals surface area contributed by atoms with Crippen molar-refractivity contribution < 1.29 is 9.59 Å². The van der Waals surface area contributed by atoms with Gasteiger partial charge in [0.1, 0.15) is 0 Å². The van der Waals surface area contributed by atoms with Crippen molar-refractivity contribution in [3.05, 3.63) is 35.4 Å². The Bertz CT molecular complexity index is 563. The van der Waals surface area contributed by atoms with Gasteiger partial charge in [-0.25, -0.2) is 0 Å². The molecule has 2 amide bonds. The number of amides is 2. The van der Waals surface area contributed by atoms with Gasteiger partial charge in [0.25, 0.3) is 5.91 Å². The van der Waals surface area contributed by atoms with E-state index in [4.69, 9.17) is 5.73 Å². The lowest BCUT2D eigenvalue weighted by atomic mass is 9.85. The Morgan fingerprint density at radius 3 is 2.71 bits per heavy atom. The number of carbonyl (C=O) groups is 2. The molecule has 2 atom stereocenters. The van der Waals surface area contributed by atoms with E-state index >= 15 is 0 Å². The quantitative estimate of drug-likeness (QED) is 0.850. The second-order valence-corrected chi connectivity index (χ2v) is 6.56. The van der Waals surface area contributed by atoms with Crippen molar-refractivity contribution in [3.8, 4) is 0 Å². The second-order valence-electron chi connectivity index (χ2n) is 6.56. The smallest absolute Gasteiger partial charge is 0.253 e. The van der Waals surface area contributed by atoms with Crippen LogP contribution in [0, 0.1) is 5.92 Å². The fraction of sp³-hybridized carbons (Fsp3) is 0.556. The molecule has 0 spiro atoms. The number of carbonyl (C=O) groups excluding carboxylic acids is 2. The Kier molecular flexibility index (Phi) is 8.22. The average molecular weight is 354 g/mol. The van der Waals surface area contributed by atoms with E-state index in [-0.39, 0.29) is 36.2 Å². The molecule has 6 heteroatoms. The Morgan fingerprint density at radius 1 is 1.29 bits per heavy atom. The van der Waals surface area contributed by atoms with E-state index in [1.54, 1.807) is 19.0 Å². The fourth-order valence-corrected chi connectivity index (χ4v) is 3.06. The first-order chi connectivity index (χ1) is 11.0. The van der Waals surface area contributed by atoms with Gasteiger partial charge in [0.2, 0.25) is 5.91 Å². The van der Waals surface area contributed by atoms with Crippen LogP contribution in [0.4, 0.5) is 0 Å². The molecule has 0 bridgehead atoms. The summed E-state index contributed by atoms with van der Waals surface area (Å²) in [4.78, 5) is 25.7. The predicted octanol–water partition coefficient (Wildman–Crippen LogP) is 1.99. The Balaban J connectivity index is 0.00000288. The monoisotopic (exact) mass is 353 g/mol. The van der Waals surface area contributed by atoms with Crippen LogP contribution in [0.3, 0.4) is 0 Å². The largest absolute Gasteiger partial charge is 0.356 e. The number of hydrogen-bond acceptors (Lipinski definition) is 3. The van der Waals surface area contributed by atoms with Gasteiger partial charge in [-0.05, 0) is 43.4 Å². The first-order valence-electron chi connectivity index (χ1n) is 8.31. The minimum absolute atomic E-state index is 0. The van der Waals surface area contributed by atoms with Crippen molar-refractivity contribution in [2.45, 2.75) is 38.1 Å². The van der Waals surface area contributed by atoms with Crippen LogP contribution >= 0.6 is 12.4 Å². The SMILES string of the molecule is CN(C)C(=O)c1cccc(CCNC(=O)C2CCCC(N)C2)c1.Cl. The summed E-state index contributed by atoms with van der Waals surface area (Å²) < 4.78 is 0. The molecule has 1 aliphatic rings. The number of nitrogens with two attached hydrogens (primary N) is 1. The average Bonchev–Trinajstić information content (AvgIpc) is 2.54. The number of benzene rings is 1. The first kappa shape index (κ1) is 20.5. The van der Waals surface area contributed by atoms with Gasteiger partial charge >= 0.3 is 0 Å². The van der Waals surface area contributed by atoms with Crippen LogP contribution in [0.25, 0.3) is 0 Å². The molecule has 1 aliphatic carbocycles. The van der Waals surface area contributed by atoms with E-state index < -0.39 is 0 Å². The standard InChI is InChI=1S/C18H27N3O2.ClH/c1-21(2)18(23)15-7-3-5-13(11-15)9-10-20-17(22)14-6-4-8-16(19)12-14;/h3,5,7,11,14,16H,4,6,8-10,12,19H2,1-2H3,(H,20,22);1H. The Morgan fingerprint density at radius 2 is 2.04 bits per heavy atom. The fourth-order valence-electron chi connectivity index (χ4n) is 3.06. The highest BCUT2D eigenvalue weighted by molar-refractivity contribution is 5.94. The molecule has 2 unspecified atom stereocenters. The summed E-state index contributed by atoms with van der Waals surface area (Å²) in [7, 11) is 3.48. The molecule has 1 fully saturated rings. The lowest BCUT2D eigenvalue weighted by Gasteiger charge is -2.25. The van der Waals surface area contributed by atoms with Crippen molar-refractivity contribution in [2.75, 3.05) is 20.6 Å². The molecule has 0 heterocycles. The van der Waals surface area contributed by atoms with Crippen LogP contribution in [0.1, 0.15) is 41.6 Å². The third-order valence-corrected chi connectivity index (χ3v) is 4.38. The molecular formula is C18H28ClN3O2. The van der Waals surface area contributed by atoms with Gasteiger partial charge in [0.15, 0.2) is 0 Å². The van der Waals surface area contributed by atoms with E-state index in [0.29, 0.717) is 12.1 Å². The van der Waals surface area contributed by atoms with Crippen LogP contribution in [-0.2, 0) is 11.2 Å². The number of hydrogen-bond donors (Lipinski definition) is 2. The number of nitrogens with zero attached hydrogens (tertiary/aromatic N) is 1. The summed E-state index contributed by atoms with van der Waals surface area (Å²) in [5, 5.41) is 3.00. The van der Waals surface area contributed by atoms with Crippen molar-refractivity contribution in [1.82, 2.24) is 10.2 Å². The zero-order valence-corrected chi connectivity index (χ0v) is 15.3. The summed E-state index contributed by atoms with van der Waals surface area (Å²) in [6, 6.07) is 7.73. The van der Waals surface area contributed by atoms with Crippen LogP contribution < -0.4 is 11.1 Å². The highest BCUT2D eigenvalue weighted by atomic mass is 35.5. The molecule has 24 heavy (non-hydrogen) atoms. The molecule has 0 radical (unpaired) electrons. The van der Waals surface area contributed by atoms with E-state index in [9.17, 15) is 9.59 Å². The van der Waals surface area contributed by atoms with E-state index in [1.807, 2.05) is 24.3 Å². The molecule has 0 saturated heterocycles. The maximum Gasteiger partial charge on any atom is 0.253 e. The molecule has 2 rings (SSSR count). The molecule has 1 aromatic rings. The van der Waals surface area contributed by atoms with E-state index in [2.05, 4.69) is 5.32 Å². The van der Waals surface area contributed by atoms with Gasteiger partial charge in [0.05, 0.1) is 0 Å². The molecule has 134 valence electrons. The lowest BCUT2D eigenvalue weighted by Crippen LogP contribution is -2.38. The van der Waals surface area contributed by atoms with Gasteiger partial charge in [-0.2, -0.15) is 0 Å². The minimum atomic E-state index is -0.00733. The third-order valence-electron chi connectivity index (χ3n) is 4.38. The molecule has 1 saturated carbocycles. The van der Waals surface area contributed by atoms with Crippen molar-refractivity contribution in [1.29, 1.82) is 0 Å². The highest BCUT2D eigenvalue weighted by Gasteiger charge is 2.24. The normalized spacial score (nSPS) is 20.0. The Hall–Kier alpha value is -1.59. The summed E-state index contributed by atoms with van der Waals surface area (Å²) >= 11 is 0. The van der Waals surface area contributed by atoms with Gasteiger partial charge in [0, 0.05) is 38.2 Å². The van der Waals surface area contributed by atoms with Crippen LogP contribution in [0.2, 0.25) is 0 Å². The van der Waals surface area contributed by atoms with Crippen LogP contribution in [-0.4, -0.2) is 43.4 Å². The third kappa shape index (κ3) is 5.80. The van der Waals surface area contributed by atoms with Gasteiger partial charge < -0.3 is 16.0 Å². The van der Waals surface area contributed by atoms with Crippen molar-refractivity contribution >= 4 is 24.2 Å². The predicted molar refractivity (Wildman–Crippen MR) is 98.4 cm³/mol. The summed E-state index contributed by atoms with van der Waals surface area (Å²) in [6.45, 7) is 0.587. The summed E-state index contributed by atoms with van der Waals surface area (Å²) in [6.07, 6.45) is 4.51. The number of halogens is 1. The van der Waals surface area contributed by atoms with Gasteiger partial charge in [-0.1, -0.05) is 18.6 Å². The topological polar surface area (TPSA) is 75.4 Å². The highest BCUT2D eigenvalue weighted by Crippen LogP contribution is 2.23. The molecule has 0 aromatic heterocycles. The van der Waals surface area contributed by atoms with Crippen molar-refractivity contribution in [3.63, 3.8) is 0 Å². The van der Waals surface area contributed by atoms with E-state index in [0.717, 1.165) is 37.7 Å². The molecule has 0 aliphatic heterocycles. The molecule has 3 N–H and O–H groups in total. The van der Waals surface area contributed by atoms with Gasteiger partial charge in [-0.3, -0.25) is 9.59 Å². The van der Waals surface area contributed by atoms with E-state index in [1.165, 1.54) is 0 Å².